The van der Waals surface area contributed by atoms with Crippen molar-refractivity contribution in [2.24, 2.45) is 5.73 Å². The summed E-state index contributed by atoms with van der Waals surface area (Å²) in [5.74, 6) is 0. The van der Waals surface area contributed by atoms with E-state index < -0.39 is 11.8 Å². The fourth-order valence-corrected chi connectivity index (χ4v) is 2.37. The molecule has 3 heterocycles. The van der Waals surface area contributed by atoms with Gasteiger partial charge in [0.2, 0.25) is 0 Å². The molecule has 8 nitrogen and oxygen atoms in total. The average Bonchev–Trinajstić information content (AvgIpc) is 3.26. The molecule has 3 aromatic rings. The van der Waals surface area contributed by atoms with Gasteiger partial charge in [0.1, 0.15) is 6.33 Å². The van der Waals surface area contributed by atoms with Crippen molar-refractivity contribution in [1.82, 2.24) is 29.1 Å². The number of nitrogens with two attached hydrogens (primary N) is 1. The Morgan fingerprint density at radius 1 is 1.23 bits per heavy atom. The Kier molecular flexibility index (Phi) is 5.03. The monoisotopic (exact) mass is 361 g/mol. The second-order valence-electron chi connectivity index (χ2n) is 5.50. The lowest BCUT2D eigenvalue weighted by Gasteiger charge is -2.03. The van der Waals surface area contributed by atoms with Gasteiger partial charge in [0, 0.05) is 30.4 Å². The first-order valence-electron chi connectivity index (χ1n) is 7.90. The van der Waals surface area contributed by atoms with Crippen LogP contribution in [-0.4, -0.2) is 35.7 Å². The summed E-state index contributed by atoms with van der Waals surface area (Å²) in [5.41, 5.74) is 6.43. The molecule has 0 saturated heterocycles. The van der Waals surface area contributed by atoms with Crippen LogP contribution in [0.25, 0.3) is 16.9 Å². The van der Waals surface area contributed by atoms with Gasteiger partial charge in [-0.2, -0.15) is 19.0 Å². The quantitative estimate of drug-likeness (QED) is 0.716. The van der Waals surface area contributed by atoms with Crippen LogP contribution in [0.5, 0.6) is 0 Å². The Labute approximate surface area is 147 Å². The van der Waals surface area contributed by atoms with Gasteiger partial charge in [0.15, 0.2) is 0 Å². The molecule has 0 aliphatic rings. The third-order valence-electron chi connectivity index (χ3n) is 3.87. The standard InChI is InChI=1S/C16H17F2N7O/c1-2-23-8-12(6-21-23)14-4-3-13(7-20-14)24-10-22-25(16(24)26)9-11(5-19)15(17)18/h3-4,6-8,10H,2,5,9,19H2,1H3. The van der Waals surface area contributed by atoms with E-state index in [4.69, 9.17) is 5.73 Å². The zero-order valence-electron chi connectivity index (χ0n) is 14.0. The first-order valence-corrected chi connectivity index (χ1v) is 7.90. The molecule has 0 aromatic carbocycles. The maximum Gasteiger partial charge on any atom is 0.350 e. The lowest BCUT2D eigenvalue weighted by atomic mass is 10.2. The zero-order valence-corrected chi connectivity index (χ0v) is 14.0. The molecule has 26 heavy (non-hydrogen) atoms. The van der Waals surface area contributed by atoms with E-state index in [1.54, 1.807) is 23.0 Å². The second kappa shape index (κ2) is 7.40. The van der Waals surface area contributed by atoms with Crippen LogP contribution in [0, 0.1) is 0 Å². The fraction of sp³-hybridized carbons (Fsp3) is 0.250. The minimum Gasteiger partial charge on any atom is -0.327 e. The van der Waals surface area contributed by atoms with Gasteiger partial charge in [-0.25, -0.2) is 14.0 Å². The van der Waals surface area contributed by atoms with Crippen LogP contribution in [0.2, 0.25) is 0 Å². The third-order valence-corrected chi connectivity index (χ3v) is 3.87. The Balaban J connectivity index is 1.86. The Morgan fingerprint density at radius 2 is 2.04 bits per heavy atom. The molecule has 0 unspecified atom stereocenters. The van der Waals surface area contributed by atoms with Crippen molar-refractivity contribution in [3.63, 3.8) is 0 Å². The third kappa shape index (κ3) is 3.45. The summed E-state index contributed by atoms with van der Waals surface area (Å²) in [6, 6.07) is 3.46. The second-order valence-corrected chi connectivity index (χ2v) is 5.50. The molecule has 0 aliphatic heterocycles. The van der Waals surface area contributed by atoms with Crippen molar-refractivity contribution in [3.05, 3.63) is 59.2 Å². The van der Waals surface area contributed by atoms with Crippen molar-refractivity contribution >= 4 is 0 Å². The van der Waals surface area contributed by atoms with Gasteiger partial charge in [0.25, 0.3) is 6.08 Å². The molecule has 0 fully saturated rings. The zero-order chi connectivity index (χ0) is 18.7. The summed E-state index contributed by atoms with van der Waals surface area (Å²) >= 11 is 0. The Hall–Kier alpha value is -3.14. The molecule has 0 aliphatic carbocycles. The Morgan fingerprint density at radius 3 is 2.62 bits per heavy atom. The number of hydrogen-bond donors (Lipinski definition) is 1. The minimum atomic E-state index is -1.90. The highest BCUT2D eigenvalue weighted by Crippen LogP contribution is 2.17. The van der Waals surface area contributed by atoms with Gasteiger partial charge in [0.05, 0.1) is 30.3 Å². The fourth-order valence-electron chi connectivity index (χ4n) is 2.37. The van der Waals surface area contributed by atoms with E-state index >= 15 is 0 Å². The normalized spacial score (nSPS) is 10.9. The summed E-state index contributed by atoms with van der Waals surface area (Å²) in [7, 11) is 0. The molecule has 0 radical (unpaired) electrons. The van der Waals surface area contributed by atoms with Crippen molar-refractivity contribution in [2.75, 3.05) is 6.54 Å². The lowest BCUT2D eigenvalue weighted by molar-refractivity contribution is 0.400. The molecular formula is C16H17F2N7O. The van der Waals surface area contributed by atoms with Crippen molar-refractivity contribution in [1.29, 1.82) is 0 Å². The Bertz CT molecular complexity index is 981. The number of hydrogen-bond acceptors (Lipinski definition) is 5. The van der Waals surface area contributed by atoms with E-state index in [1.165, 1.54) is 17.1 Å². The number of aryl methyl sites for hydroxylation is 1. The molecular weight excluding hydrogens is 344 g/mol. The smallest absolute Gasteiger partial charge is 0.327 e. The summed E-state index contributed by atoms with van der Waals surface area (Å²) in [6.45, 7) is 2.04. The van der Waals surface area contributed by atoms with Crippen molar-refractivity contribution in [3.8, 4) is 16.9 Å². The topological polar surface area (TPSA) is 96.6 Å². The predicted molar refractivity (Wildman–Crippen MR) is 90.8 cm³/mol. The molecule has 0 atom stereocenters. The molecule has 2 N–H and O–H groups in total. The first-order chi connectivity index (χ1) is 12.5. The van der Waals surface area contributed by atoms with E-state index in [0.717, 1.165) is 16.8 Å². The molecule has 3 aromatic heterocycles. The van der Waals surface area contributed by atoms with Crippen LogP contribution in [0.3, 0.4) is 0 Å². The predicted octanol–water partition coefficient (Wildman–Crippen LogP) is 1.42. The van der Waals surface area contributed by atoms with E-state index in [0.29, 0.717) is 11.4 Å². The molecule has 0 amide bonds. The SMILES string of the molecule is CCn1cc(-c2ccc(-n3cnn(CC(CN)=C(F)F)c3=O)cn2)cn1. The van der Waals surface area contributed by atoms with Crippen LogP contribution in [0.15, 0.2) is 53.5 Å². The van der Waals surface area contributed by atoms with Crippen molar-refractivity contribution < 1.29 is 8.78 Å². The first kappa shape index (κ1) is 17.7. The lowest BCUT2D eigenvalue weighted by Crippen LogP contribution is -2.26. The number of rotatable bonds is 6. The highest BCUT2D eigenvalue weighted by Gasteiger charge is 2.12. The van der Waals surface area contributed by atoms with Crippen LogP contribution >= 0.6 is 0 Å². The summed E-state index contributed by atoms with van der Waals surface area (Å²) in [4.78, 5) is 16.7. The molecule has 3 rings (SSSR count). The van der Waals surface area contributed by atoms with Crippen LogP contribution in [0.4, 0.5) is 8.78 Å². The minimum absolute atomic E-state index is 0.334. The molecule has 0 bridgehead atoms. The molecule has 0 spiro atoms. The van der Waals surface area contributed by atoms with Gasteiger partial charge in [-0.05, 0) is 19.1 Å². The van der Waals surface area contributed by atoms with E-state index in [9.17, 15) is 13.6 Å². The maximum absolute atomic E-state index is 12.7. The summed E-state index contributed by atoms with van der Waals surface area (Å²) in [6.07, 6.45) is 4.47. The van der Waals surface area contributed by atoms with Gasteiger partial charge in [-0.1, -0.05) is 0 Å². The molecule has 10 heteroatoms. The van der Waals surface area contributed by atoms with E-state index in [-0.39, 0.29) is 18.7 Å². The number of pyridine rings is 1. The highest BCUT2D eigenvalue weighted by molar-refractivity contribution is 5.57. The molecule has 0 saturated carbocycles. The number of nitrogens with zero attached hydrogens (tertiary/aromatic N) is 6. The largest absolute Gasteiger partial charge is 0.350 e. The number of aromatic nitrogens is 6. The van der Waals surface area contributed by atoms with Crippen LogP contribution < -0.4 is 11.4 Å². The summed E-state index contributed by atoms with van der Waals surface area (Å²) in [5, 5.41) is 8.05. The van der Waals surface area contributed by atoms with Crippen LogP contribution in [-0.2, 0) is 13.1 Å². The van der Waals surface area contributed by atoms with E-state index in [2.05, 4.69) is 15.2 Å². The van der Waals surface area contributed by atoms with Gasteiger partial charge in [-0.15, -0.1) is 0 Å². The van der Waals surface area contributed by atoms with Gasteiger partial charge in [-0.3, -0.25) is 9.67 Å². The van der Waals surface area contributed by atoms with Gasteiger partial charge < -0.3 is 5.73 Å². The highest BCUT2D eigenvalue weighted by atomic mass is 19.3. The average molecular weight is 361 g/mol. The molecule has 136 valence electrons. The maximum atomic E-state index is 12.7. The van der Waals surface area contributed by atoms with Crippen molar-refractivity contribution in [2.45, 2.75) is 20.0 Å². The van der Waals surface area contributed by atoms with Gasteiger partial charge >= 0.3 is 5.69 Å². The van der Waals surface area contributed by atoms with E-state index in [1.807, 2.05) is 13.1 Å². The summed E-state index contributed by atoms with van der Waals surface area (Å²) < 4.78 is 29.4. The number of halogens is 2. The van der Waals surface area contributed by atoms with Crippen LogP contribution in [0.1, 0.15) is 6.92 Å².